The standard InChI is InChI=1S/C20H19NO3S2/c1-23-15-4-3-5-16(24-2)19(15)20-21(18(22)12-26-20)11-13-6-7-17-14(10-13)8-9-25-17/h3-10,20H,11-12H2,1-2H3. The molecule has 1 atom stereocenters. The molecule has 1 fully saturated rings. The number of thiophene rings is 1. The summed E-state index contributed by atoms with van der Waals surface area (Å²) in [5.41, 5.74) is 2.05. The second-order valence-corrected chi connectivity index (χ2v) is 8.07. The lowest BCUT2D eigenvalue weighted by atomic mass is 10.1. The molecule has 0 aliphatic carbocycles. The number of rotatable bonds is 5. The topological polar surface area (TPSA) is 38.8 Å². The second-order valence-electron chi connectivity index (χ2n) is 6.05. The van der Waals surface area contributed by atoms with Crippen LogP contribution >= 0.6 is 23.1 Å². The molecule has 1 unspecified atom stereocenters. The molecule has 0 spiro atoms. The van der Waals surface area contributed by atoms with Crippen LogP contribution in [0, 0.1) is 0 Å². The Morgan fingerprint density at radius 2 is 1.88 bits per heavy atom. The number of hydrogen-bond acceptors (Lipinski definition) is 5. The van der Waals surface area contributed by atoms with Crippen LogP contribution < -0.4 is 9.47 Å². The molecule has 4 nitrogen and oxygen atoms in total. The first kappa shape index (κ1) is 17.2. The summed E-state index contributed by atoms with van der Waals surface area (Å²) in [7, 11) is 3.29. The van der Waals surface area contributed by atoms with Gasteiger partial charge >= 0.3 is 0 Å². The Kier molecular flexibility index (Phi) is 4.78. The summed E-state index contributed by atoms with van der Waals surface area (Å²) >= 11 is 3.34. The maximum atomic E-state index is 12.6. The molecule has 4 rings (SSSR count). The van der Waals surface area contributed by atoms with E-state index in [0.29, 0.717) is 12.3 Å². The van der Waals surface area contributed by atoms with E-state index >= 15 is 0 Å². The van der Waals surface area contributed by atoms with Gasteiger partial charge in [0.05, 0.1) is 25.5 Å². The van der Waals surface area contributed by atoms with E-state index in [9.17, 15) is 4.79 Å². The third-order valence-electron chi connectivity index (χ3n) is 4.55. The van der Waals surface area contributed by atoms with Crippen LogP contribution in [0.2, 0.25) is 0 Å². The van der Waals surface area contributed by atoms with E-state index in [0.717, 1.165) is 22.6 Å². The van der Waals surface area contributed by atoms with Gasteiger partial charge in [-0.1, -0.05) is 12.1 Å². The van der Waals surface area contributed by atoms with Crippen LogP contribution in [0.4, 0.5) is 0 Å². The minimum atomic E-state index is -0.119. The van der Waals surface area contributed by atoms with Gasteiger partial charge in [-0.15, -0.1) is 23.1 Å². The van der Waals surface area contributed by atoms with Crippen LogP contribution in [0.25, 0.3) is 10.1 Å². The number of fused-ring (bicyclic) bond motifs is 1. The Balaban J connectivity index is 1.69. The number of amides is 1. The minimum absolute atomic E-state index is 0.119. The molecule has 2 heterocycles. The summed E-state index contributed by atoms with van der Waals surface area (Å²) in [6.45, 7) is 0.573. The summed E-state index contributed by atoms with van der Waals surface area (Å²) in [4.78, 5) is 14.5. The molecule has 1 aliphatic heterocycles. The zero-order valence-electron chi connectivity index (χ0n) is 14.6. The Morgan fingerprint density at radius 3 is 2.62 bits per heavy atom. The van der Waals surface area contributed by atoms with E-state index in [1.807, 2.05) is 23.1 Å². The number of thioether (sulfide) groups is 1. The molecule has 1 saturated heterocycles. The highest BCUT2D eigenvalue weighted by molar-refractivity contribution is 8.00. The fraction of sp³-hybridized carbons (Fsp3) is 0.250. The second kappa shape index (κ2) is 7.21. The Bertz CT molecular complexity index is 931. The molecule has 134 valence electrons. The number of ether oxygens (including phenoxy) is 2. The van der Waals surface area contributed by atoms with Crippen molar-refractivity contribution in [3.63, 3.8) is 0 Å². The molecule has 1 aromatic heterocycles. The third-order valence-corrected chi connectivity index (χ3v) is 6.67. The molecular weight excluding hydrogens is 366 g/mol. The normalized spacial score (nSPS) is 17.1. The Labute approximate surface area is 160 Å². The lowest BCUT2D eigenvalue weighted by Gasteiger charge is -2.27. The van der Waals surface area contributed by atoms with E-state index in [1.165, 1.54) is 10.1 Å². The molecule has 0 N–H and O–H groups in total. The highest BCUT2D eigenvalue weighted by Crippen LogP contribution is 2.47. The van der Waals surface area contributed by atoms with Gasteiger partial charge in [0, 0.05) is 11.2 Å². The maximum Gasteiger partial charge on any atom is 0.234 e. The van der Waals surface area contributed by atoms with Crippen LogP contribution in [-0.4, -0.2) is 30.8 Å². The maximum absolute atomic E-state index is 12.6. The minimum Gasteiger partial charge on any atom is -0.496 e. The predicted molar refractivity (Wildman–Crippen MR) is 107 cm³/mol. The van der Waals surface area contributed by atoms with Crippen LogP contribution in [0.1, 0.15) is 16.5 Å². The number of methoxy groups -OCH3 is 2. The Morgan fingerprint density at radius 1 is 1.12 bits per heavy atom. The van der Waals surface area contributed by atoms with E-state index in [1.54, 1.807) is 37.3 Å². The van der Waals surface area contributed by atoms with Gasteiger partial charge in [0.25, 0.3) is 0 Å². The quantitative estimate of drug-likeness (QED) is 0.639. The van der Waals surface area contributed by atoms with Gasteiger partial charge < -0.3 is 14.4 Å². The summed E-state index contributed by atoms with van der Waals surface area (Å²) in [6, 6.07) is 14.2. The summed E-state index contributed by atoms with van der Waals surface area (Å²) in [5, 5.41) is 3.19. The first-order valence-corrected chi connectivity index (χ1v) is 10.2. The van der Waals surface area contributed by atoms with Crippen molar-refractivity contribution in [2.24, 2.45) is 0 Å². The fourth-order valence-electron chi connectivity index (χ4n) is 3.30. The van der Waals surface area contributed by atoms with Gasteiger partial charge in [-0.3, -0.25) is 4.79 Å². The smallest absolute Gasteiger partial charge is 0.234 e. The third kappa shape index (κ3) is 3.04. The molecule has 0 saturated carbocycles. The SMILES string of the molecule is COc1cccc(OC)c1C1SCC(=O)N1Cc1ccc2sccc2c1. The average molecular weight is 386 g/mol. The summed E-state index contributed by atoms with van der Waals surface area (Å²) < 4.78 is 12.4. The zero-order chi connectivity index (χ0) is 18.1. The molecule has 6 heteroatoms. The number of nitrogens with zero attached hydrogens (tertiary/aromatic N) is 1. The van der Waals surface area contributed by atoms with Gasteiger partial charge in [0.2, 0.25) is 5.91 Å². The van der Waals surface area contributed by atoms with Crippen molar-refractivity contribution >= 4 is 39.1 Å². The predicted octanol–water partition coefficient (Wildman–Crippen LogP) is 4.69. The largest absolute Gasteiger partial charge is 0.496 e. The van der Waals surface area contributed by atoms with Gasteiger partial charge in [-0.05, 0) is 46.7 Å². The van der Waals surface area contributed by atoms with E-state index in [4.69, 9.17) is 9.47 Å². The van der Waals surface area contributed by atoms with E-state index < -0.39 is 0 Å². The first-order chi connectivity index (χ1) is 12.7. The van der Waals surface area contributed by atoms with Crippen LogP contribution in [0.5, 0.6) is 11.5 Å². The van der Waals surface area contributed by atoms with E-state index in [-0.39, 0.29) is 11.3 Å². The van der Waals surface area contributed by atoms with Crippen molar-refractivity contribution < 1.29 is 14.3 Å². The Hall–Kier alpha value is -2.18. The van der Waals surface area contributed by atoms with Crippen LogP contribution in [-0.2, 0) is 11.3 Å². The molecule has 3 aromatic rings. The fourth-order valence-corrected chi connectivity index (χ4v) is 5.31. The van der Waals surface area contributed by atoms with Gasteiger partial charge in [0.15, 0.2) is 0 Å². The van der Waals surface area contributed by atoms with Crippen molar-refractivity contribution in [1.29, 1.82) is 0 Å². The number of hydrogen-bond donors (Lipinski definition) is 0. The van der Waals surface area contributed by atoms with Crippen LogP contribution in [0.3, 0.4) is 0 Å². The highest BCUT2D eigenvalue weighted by Gasteiger charge is 2.36. The van der Waals surface area contributed by atoms with Crippen molar-refractivity contribution in [1.82, 2.24) is 4.90 Å². The van der Waals surface area contributed by atoms with Crippen LogP contribution in [0.15, 0.2) is 47.8 Å². The summed E-state index contributed by atoms with van der Waals surface area (Å²) in [6.07, 6.45) is 0. The monoisotopic (exact) mass is 385 g/mol. The van der Waals surface area contributed by atoms with Gasteiger partial charge in [-0.2, -0.15) is 0 Å². The molecule has 26 heavy (non-hydrogen) atoms. The van der Waals surface area contributed by atoms with E-state index in [2.05, 4.69) is 29.6 Å². The van der Waals surface area contributed by atoms with Gasteiger partial charge in [0.1, 0.15) is 16.9 Å². The molecule has 2 aromatic carbocycles. The average Bonchev–Trinajstić information content (AvgIpc) is 3.27. The number of carbonyl (C=O) groups is 1. The summed E-state index contributed by atoms with van der Waals surface area (Å²) in [5.74, 6) is 2.09. The molecule has 1 aliphatic rings. The van der Waals surface area contributed by atoms with Gasteiger partial charge in [-0.25, -0.2) is 0 Å². The first-order valence-electron chi connectivity index (χ1n) is 8.29. The lowest BCUT2D eigenvalue weighted by molar-refractivity contribution is -0.128. The zero-order valence-corrected chi connectivity index (χ0v) is 16.2. The van der Waals surface area contributed by atoms with Crippen molar-refractivity contribution in [2.75, 3.05) is 20.0 Å². The van der Waals surface area contributed by atoms with Crippen molar-refractivity contribution in [3.8, 4) is 11.5 Å². The molecule has 0 bridgehead atoms. The number of carbonyl (C=O) groups excluding carboxylic acids is 1. The van der Waals surface area contributed by atoms with Crippen molar-refractivity contribution in [3.05, 3.63) is 59.0 Å². The number of benzene rings is 2. The molecular formula is C20H19NO3S2. The van der Waals surface area contributed by atoms with Crippen molar-refractivity contribution in [2.45, 2.75) is 11.9 Å². The highest BCUT2D eigenvalue weighted by atomic mass is 32.2. The molecule has 0 radical (unpaired) electrons. The lowest BCUT2D eigenvalue weighted by Crippen LogP contribution is -2.28. The molecule has 1 amide bonds.